The van der Waals surface area contributed by atoms with Crippen molar-refractivity contribution in [1.82, 2.24) is 0 Å². The first kappa shape index (κ1) is 15.7. The Balaban J connectivity index is 3.31. The highest BCUT2D eigenvalue weighted by Crippen LogP contribution is 2.22. The van der Waals surface area contributed by atoms with Crippen LogP contribution in [0.25, 0.3) is 0 Å². The fourth-order valence-corrected chi connectivity index (χ4v) is 1.56. The third kappa shape index (κ3) is 4.08. The van der Waals surface area contributed by atoms with Crippen LogP contribution in [0.15, 0.2) is 23.4 Å². The number of carbonyl (C=O) groups is 2. The fourth-order valence-electron chi connectivity index (χ4n) is 1.56. The minimum absolute atomic E-state index is 0.0469. The molecule has 0 aliphatic carbocycles. The maximum atomic E-state index is 11.9. The van der Waals surface area contributed by atoms with E-state index in [-0.39, 0.29) is 18.1 Å². The number of aryl methyl sites for hydroxylation is 1. The number of benzene rings is 1. The van der Waals surface area contributed by atoms with Gasteiger partial charge < -0.3 is 14.3 Å². The molecular weight excluding hydrogens is 262 g/mol. The maximum absolute atomic E-state index is 11.9. The Morgan fingerprint density at radius 1 is 1.30 bits per heavy atom. The van der Waals surface area contributed by atoms with E-state index in [9.17, 15) is 9.59 Å². The number of nitrogens with zero attached hydrogens (tertiary/aromatic N) is 1. The van der Waals surface area contributed by atoms with Crippen molar-refractivity contribution in [2.24, 2.45) is 5.16 Å². The zero-order chi connectivity index (χ0) is 15.1. The normalized spacial score (nSPS) is 10.9. The minimum atomic E-state index is -0.645. The molecule has 0 radical (unpaired) electrons. The summed E-state index contributed by atoms with van der Waals surface area (Å²) >= 11 is 0. The van der Waals surface area contributed by atoms with Gasteiger partial charge in [-0.25, -0.2) is 4.79 Å². The second-order valence-corrected chi connectivity index (χ2v) is 3.94. The maximum Gasteiger partial charge on any atom is 0.361 e. The lowest BCUT2D eigenvalue weighted by Crippen LogP contribution is -2.21. The van der Waals surface area contributed by atoms with E-state index in [0.717, 1.165) is 5.56 Å². The molecule has 1 rings (SSSR count). The van der Waals surface area contributed by atoms with E-state index in [1.807, 2.05) is 6.92 Å². The molecule has 0 amide bonds. The molecule has 108 valence electrons. The second-order valence-electron chi connectivity index (χ2n) is 3.94. The van der Waals surface area contributed by atoms with Gasteiger partial charge >= 0.3 is 11.9 Å². The van der Waals surface area contributed by atoms with Gasteiger partial charge in [-0.3, -0.25) is 4.79 Å². The van der Waals surface area contributed by atoms with Crippen LogP contribution in [0, 0.1) is 6.92 Å². The van der Waals surface area contributed by atoms with Gasteiger partial charge in [0.15, 0.2) is 5.71 Å². The molecule has 0 aromatic heterocycles. The molecule has 0 aliphatic rings. The van der Waals surface area contributed by atoms with Crippen molar-refractivity contribution < 1.29 is 23.9 Å². The average Bonchev–Trinajstić information content (AvgIpc) is 2.38. The van der Waals surface area contributed by atoms with Gasteiger partial charge in [-0.15, -0.1) is 0 Å². The first-order valence-electron chi connectivity index (χ1n) is 6.07. The SMILES string of the molecule is CCOC(=O)/C(=N/OC)c1cc(C)ccc1OC(C)=O. The molecular formula is C14H17NO5. The Labute approximate surface area is 117 Å². The molecule has 0 N–H and O–H groups in total. The molecule has 0 saturated carbocycles. The zero-order valence-electron chi connectivity index (χ0n) is 11.9. The van der Waals surface area contributed by atoms with Crippen LogP contribution in [0.3, 0.4) is 0 Å². The molecule has 6 nitrogen and oxygen atoms in total. The van der Waals surface area contributed by atoms with Gasteiger partial charge in [0.2, 0.25) is 0 Å². The largest absolute Gasteiger partial charge is 0.461 e. The van der Waals surface area contributed by atoms with Crippen LogP contribution in [0.2, 0.25) is 0 Å². The summed E-state index contributed by atoms with van der Waals surface area (Å²) in [5, 5.41) is 3.67. The average molecular weight is 279 g/mol. The molecule has 1 aromatic rings. The standard InChI is InChI=1S/C14H17NO5/c1-5-19-14(17)13(15-18-4)11-8-9(2)6-7-12(11)20-10(3)16/h6-8H,5H2,1-4H3/b15-13+. The summed E-state index contributed by atoms with van der Waals surface area (Å²) in [5.74, 6) is -0.906. The van der Waals surface area contributed by atoms with Gasteiger partial charge in [0.05, 0.1) is 12.2 Å². The Morgan fingerprint density at radius 3 is 2.55 bits per heavy atom. The van der Waals surface area contributed by atoms with E-state index in [1.54, 1.807) is 25.1 Å². The van der Waals surface area contributed by atoms with Crippen LogP contribution in [0.1, 0.15) is 25.0 Å². The number of rotatable bonds is 5. The number of hydrogen-bond acceptors (Lipinski definition) is 6. The highest BCUT2D eigenvalue weighted by molar-refractivity contribution is 6.43. The lowest BCUT2D eigenvalue weighted by molar-refractivity contribution is -0.135. The first-order chi connectivity index (χ1) is 9.49. The Kier molecular flexibility index (Phi) is 5.71. The molecule has 6 heteroatoms. The Morgan fingerprint density at radius 2 is 2.00 bits per heavy atom. The topological polar surface area (TPSA) is 74.2 Å². The molecule has 0 aliphatic heterocycles. The van der Waals surface area contributed by atoms with Crippen molar-refractivity contribution >= 4 is 17.7 Å². The highest BCUT2D eigenvalue weighted by Gasteiger charge is 2.21. The Bertz CT molecular complexity index is 536. The highest BCUT2D eigenvalue weighted by atomic mass is 16.6. The van der Waals surface area contributed by atoms with Gasteiger partial charge in [0.1, 0.15) is 12.9 Å². The monoisotopic (exact) mass is 279 g/mol. The van der Waals surface area contributed by atoms with Gasteiger partial charge in [0.25, 0.3) is 0 Å². The van der Waals surface area contributed by atoms with Crippen molar-refractivity contribution in [3.05, 3.63) is 29.3 Å². The van der Waals surface area contributed by atoms with Crippen molar-refractivity contribution in [2.75, 3.05) is 13.7 Å². The minimum Gasteiger partial charge on any atom is -0.461 e. The van der Waals surface area contributed by atoms with Crippen molar-refractivity contribution in [2.45, 2.75) is 20.8 Å². The van der Waals surface area contributed by atoms with Gasteiger partial charge in [-0.2, -0.15) is 0 Å². The lowest BCUT2D eigenvalue weighted by Gasteiger charge is -2.11. The summed E-state index contributed by atoms with van der Waals surface area (Å²) in [6.07, 6.45) is 0. The predicted octanol–water partition coefficient (Wildman–Crippen LogP) is 1.83. The molecule has 0 unspecified atom stereocenters. The lowest BCUT2D eigenvalue weighted by atomic mass is 10.1. The zero-order valence-corrected chi connectivity index (χ0v) is 11.9. The molecule has 0 heterocycles. The molecule has 0 atom stereocenters. The molecule has 0 bridgehead atoms. The summed E-state index contributed by atoms with van der Waals surface area (Å²) in [4.78, 5) is 27.7. The fraction of sp³-hybridized carbons (Fsp3) is 0.357. The van der Waals surface area contributed by atoms with Gasteiger partial charge in [0, 0.05) is 6.92 Å². The van der Waals surface area contributed by atoms with E-state index in [1.165, 1.54) is 14.0 Å². The van der Waals surface area contributed by atoms with Crippen LogP contribution >= 0.6 is 0 Å². The summed E-state index contributed by atoms with van der Waals surface area (Å²) < 4.78 is 9.99. The number of ether oxygens (including phenoxy) is 2. The van der Waals surface area contributed by atoms with Crippen LogP contribution in [-0.2, 0) is 19.2 Å². The molecule has 0 spiro atoms. The summed E-state index contributed by atoms with van der Waals surface area (Å²) in [7, 11) is 1.32. The number of oxime groups is 1. The van der Waals surface area contributed by atoms with Crippen LogP contribution in [0.4, 0.5) is 0 Å². The number of hydrogen-bond donors (Lipinski definition) is 0. The van der Waals surface area contributed by atoms with E-state index < -0.39 is 11.9 Å². The summed E-state index contributed by atoms with van der Waals surface area (Å²) in [6.45, 7) is 5.01. The second kappa shape index (κ2) is 7.28. The molecule has 20 heavy (non-hydrogen) atoms. The van der Waals surface area contributed by atoms with E-state index in [2.05, 4.69) is 9.99 Å². The molecule has 0 saturated heterocycles. The van der Waals surface area contributed by atoms with Crippen molar-refractivity contribution in [3.63, 3.8) is 0 Å². The molecule has 1 aromatic carbocycles. The quantitative estimate of drug-likeness (QED) is 0.356. The smallest absolute Gasteiger partial charge is 0.361 e. The summed E-state index contributed by atoms with van der Waals surface area (Å²) in [5.41, 5.74) is 1.18. The number of carbonyl (C=O) groups excluding carboxylic acids is 2. The van der Waals surface area contributed by atoms with Gasteiger partial charge in [-0.05, 0) is 26.0 Å². The number of esters is 2. The van der Waals surface area contributed by atoms with Crippen molar-refractivity contribution in [3.8, 4) is 5.75 Å². The van der Waals surface area contributed by atoms with Gasteiger partial charge in [-0.1, -0.05) is 16.8 Å². The third-order valence-electron chi connectivity index (χ3n) is 2.30. The molecule has 0 fully saturated rings. The van der Waals surface area contributed by atoms with Crippen LogP contribution < -0.4 is 4.74 Å². The van der Waals surface area contributed by atoms with Crippen LogP contribution in [-0.4, -0.2) is 31.4 Å². The predicted molar refractivity (Wildman–Crippen MR) is 72.7 cm³/mol. The third-order valence-corrected chi connectivity index (χ3v) is 2.30. The van der Waals surface area contributed by atoms with Crippen LogP contribution in [0.5, 0.6) is 5.75 Å². The van der Waals surface area contributed by atoms with E-state index >= 15 is 0 Å². The first-order valence-corrected chi connectivity index (χ1v) is 6.07. The van der Waals surface area contributed by atoms with Crippen molar-refractivity contribution in [1.29, 1.82) is 0 Å². The summed E-state index contributed by atoms with van der Waals surface area (Å²) in [6, 6.07) is 5.03. The Hall–Kier alpha value is -2.37. The van der Waals surface area contributed by atoms with E-state index in [0.29, 0.717) is 5.56 Å². The van der Waals surface area contributed by atoms with E-state index in [4.69, 9.17) is 9.47 Å².